The molecule has 1 aromatic carbocycles. The third-order valence-corrected chi connectivity index (χ3v) is 4.80. The normalized spacial score (nSPS) is 17.9. The summed E-state index contributed by atoms with van der Waals surface area (Å²) in [5.74, 6) is 1.64. The highest BCUT2D eigenvalue weighted by molar-refractivity contribution is 7.99. The van der Waals surface area contributed by atoms with E-state index in [4.69, 9.17) is 4.74 Å². The number of ether oxygens (including phenoxy) is 1. The molecular formula is C15H22O2S. The van der Waals surface area contributed by atoms with Gasteiger partial charge in [0, 0.05) is 11.0 Å². The molecule has 2 rings (SSSR count). The Morgan fingerprint density at radius 1 is 1.39 bits per heavy atom. The van der Waals surface area contributed by atoms with Crippen molar-refractivity contribution in [2.24, 2.45) is 0 Å². The SMILES string of the molecule is CCOc1cccc(C(O)CSC2CCCC2)c1. The van der Waals surface area contributed by atoms with Crippen molar-refractivity contribution in [2.75, 3.05) is 12.4 Å². The minimum Gasteiger partial charge on any atom is -0.494 e. The lowest BCUT2D eigenvalue weighted by Gasteiger charge is -2.15. The van der Waals surface area contributed by atoms with Gasteiger partial charge in [0.1, 0.15) is 5.75 Å². The molecule has 1 fully saturated rings. The maximum absolute atomic E-state index is 10.2. The third-order valence-electron chi connectivity index (χ3n) is 3.35. The number of benzene rings is 1. The van der Waals surface area contributed by atoms with Gasteiger partial charge in [0.25, 0.3) is 0 Å². The predicted molar refractivity (Wildman–Crippen MR) is 77.3 cm³/mol. The minimum absolute atomic E-state index is 0.379. The zero-order valence-electron chi connectivity index (χ0n) is 11.0. The molecule has 1 aromatic rings. The first-order valence-electron chi connectivity index (χ1n) is 6.82. The van der Waals surface area contributed by atoms with E-state index >= 15 is 0 Å². The molecule has 0 bridgehead atoms. The van der Waals surface area contributed by atoms with Crippen molar-refractivity contribution in [2.45, 2.75) is 44.0 Å². The van der Waals surface area contributed by atoms with Crippen molar-refractivity contribution in [3.8, 4) is 5.75 Å². The van der Waals surface area contributed by atoms with Crippen LogP contribution in [0.5, 0.6) is 5.75 Å². The maximum atomic E-state index is 10.2. The molecule has 3 heteroatoms. The van der Waals surface area contributed by atoms with Gasteiger partial charge in [-0.05, 0) is 37.5 Å². The Labute approximate surface area is 114 Å². The van der Waals surface area contributed by atoms with E-state index in [0.29, 0.717) is 6.61 Å². The minimum atomic E-state index is -0.379. The lowest BCUT2D eigenvalue weighted by Crippen LogP contribution is -2.05. The zero-order valence-corrected chi connectivity index (χ0v) is 11.8. The molecule has 1 aliphatic carbocycles. The summed E-state index contributed by atoms with van der Waals surface area (Å²) in [7, 11) is 0. The molecule has 1 N–H and O–H groups in total. The van der Waals surface area contributed by atoms with Crippen LogP contribution < -0.4 is 4.74 Å². The fourth-order valence-corrected chi connectivity index (χ4v) is 3.67. The largest absolute Gasteiger partial charge is 0.494 e. The maximum Gasteiger partial charge on any atom is 0.119 e. The monoisotopic (exact) mass is 266 g/mol. The number of thioether (sulfide) groups is 1. The molecule has 1 atom stereocenters. The first-order valence-corrected chi connectivity index (χ1v) is 7.87. The molecule has 18 heavy (non-hydrogen) atoms. The van der Waals surface area contributed by atoms with Crippen LogP contribution in [0.15, 0.2) is 24.3 Å². The van der Waals surface area contributed by atoms with Crippen molar-refractivity contribution in [3.05, 3.63) is 29.8 Å². The highest BCUT2D eigenvalue weighted by atomic mass is 32.2. The topological polar surface area (TPSA) is 29.5 Å². The van der Waals surface area contributed by atoms with Crippen molar-refractivity contribution in [1.82, 2.24) is 0 Å². The Hall–Kier alpha value is -0.670. The third kappa shape index (κ3) is 3.92. The lowest BCUT2D eigenvalue weighted by atomic mass is 10.1. The van der Waals surface area contributed by atoms with E-state index in [0.717, 1.165) is 22.3 Å². The first-order chi connectivity index (χ1) is 8.79. The second-order valence-corrected chi connectivity index (χ2v) is 6.09. The summed E-state index contributed by atoms with van der Waals surface area (Å²) < 4.78 is 5.46. The fourth-order valence-electron chi connectivity index (χ4n) is 2.36. The van der Waals surface area contributed by atoms with E-state index in [1.165, 1.54) is 25.7 Å². The van der Waals surface area contributed by atoms with Gasteiger partial charge >= 0.3 is 0 Å². The average molecular weight is 266 g/mol. The van der Waals surface area contributed by atoms with Gasteiger partial charge in [-0.25, -0.2) is 0 Å². The molecule has 0 heterocycles. The van der Waals surface area contributed by atoms with Gasteiger partial charge in [-0.3, -0.25) is 0 Å². The smallest absolute Gasteiger partial charge is 0.119 e. The van der Waals surface area contributed by atoms with E-state index in [1.807, 2.05) is 43.0 Å². The Morgan fingerprint density at radius 2 is 2.17 bits per heavy atom. The van der Waals surface area contributed by atoms with Gasteiger partial charge in [-0.1, -0.05) is 25.0 Å². The van der Waals surface area contributed by atoms with Crippen molar-refractivity contribution in [1.29, 1.82) is 0 Å². The molecule has 1 saturated carbocycles. The molecule has 2 nitrogen and oxygen atoms in total. The molecule has 1 aliphatic rings. The van der Waals surface area contributed by atoms with Crippen LogP contribution in [0, 0.1) is 0 Å². The van der Waals surface area contributed by atoms with Crippen LogP contribution in [0.3, 0.4) is 0 Å². The van der Waals surface area contributed by atoms with Gasteiger partial charge in [0.2, 0.25) is 0 Å². The summed E-state index contributed by atoms with van der Waals surface area (Å²) in [5, 5.41) is 11.0. The van der Waals surface area contributed by atoms with Crippen LogP contribution in [0.4, 0.5) is 0 Å². The Morgan fingerprint density at radius 3 is 2.89 bits per heavy atom. The second kappa shape index (κ2) is 7.05. The summed E-state index contributed by atoms with van der Waals surface area (Å²) in [4.78, 5) is 0. The molecule has 0 aromatic heterocycles. The van der Waals surface area contributed by atoms with Gasteiger partial charge in [0.15, 0.2) is 0 Å². The number of aliphatic hydroxyl groups excluding tert-OH is 1. The van der Waals surface area contributed by atoms with E-state index in [9.17, 15) is 5.11 Å². The molecule has 0 radical (unpaired) electrons. The van der Waals surface area contributed by atoms with Crippen LogP contribution in [0.25, 0.3) is 0 Å². The number of hydrogen-bond donors (Lipinski definition) is 1. The summed E-state index contributed by atoms with van der Waals surface area (Å²) in [6.07, 6.45) is 4.96. The summed E-state index contributed by atoms with van der Waals surface area (Å²) in [6.45, 7) is 2.63. The number of rotatable bonds is 6. The summed E-state index contributed by atoms with van der Waals surface area (Å²) in [6, 6.07) is 7.80. The first kappa shape index (κ1) is 13.8. The average Bonchev–Trinajstić information content (AvgIpc) is 2.90. The predicted octanol–water partition coefficient (Wildman–Crippen LogP) is 3.79. The molecule has 0 amide bonds. The van der Waals surface area contributed by atoms with Crippen molar-refractivity contribution in [3.63, 3.8) is 0 Å². The van der Waals surface area contributed by atoms with Gasteiger partial charge in [-0.15, -0.1) is 0 Å². The zero-order chi connectivity index (χ0) is 12.8. The van der Waals surface area contributed by atoms with Crippen LogP contribution >= 0.6 is 11.8 Å². The van der Waals surface area contributed by atoms with Crippen LogP contribution in [-0.2, 0) is 0 Å². The molecule has 0 aliphatic heterocycles. The fraction of sp³-hybridized carbons (Fsp3) is 0.600. The summed E-state index contributed by atoms with van der Waals surface area (Å²) >= 11 is 1.92. The van der Waals surface area contributed by atoms with Crippen molar-refractivity contribution >= 4 is 11.8 Å². The second-order valence-electron chi connectivity index (χ2n) is 4.76. The molecule has 100 valence electrons. The van der Waals surface area contributed by atoms with E-state index in [1.54, 1.807) is 0 Å². The molecule has 0 saturated heterocycles. The lowest BCUT2D eigenvalue weighted by molar-refractivity contribution is 0.203. The molecular weight excluding hydrogens is 244 g/mol. The Kier molecular flexibility index (Phi) is 5.39. The van der Waals surface area contributed by atoms with Crippen molar-refractivity contribution < 1.29 is 9.84 Å². The Bertz CT molecular complexity index is 361. The van der Waals surface area contributed by atoms with E-state index in [2.05, 4.69) is 0 Å². The van der Waals surface area contributed by atoms with Crippen LogP contribution in [0.1, 0.15) is 44.3 Å². The summed E-state index contributed by atoms with van der Waals surface area (Å²) in [5.41, 5.74) is 0.964. The van der Waals surface area contributed by atoms with Gasteiger partial charge in [0.05, 0.1) is 12.7 Å². The van der Waals surface area contributed by atoms with Crippen LogP contribution in [0.2, 0.25) is 0 Å². The molecule has 0 spiro atoms. The highest BCUT2D eigenvalue weighted by Crippen LogP contribution is 2.32. The number of hydrogen-bond acceptors (Lipinski definition) is 3. The van der Waals surface area contributed by atoms with E-state index < -0.39 is 0 Å². The van der Waals surface area contributed by atoms with Gasteiger partial charge in [-0.2, -0.15) is 11.8 Å². The standard InChI is InChI=1S/C15H22O2S/c1-2-17-13-7-5-6-12(10-13)15(16)11-18-14-8-3-4-9-14/h5-7,10,14-16H,2-4,8-9,11H2,1H3. The van der Waals surface area contributed by atoms with E-state index in [-0.39, 0.29) is 6.10 Å². The van der Waals surface area contributed by atoms with Crippen LogP contribution in [-0.4, -0.2) is 22.7 Å². The Balaban J connectivity index is 1.86. The highest BCUT2D eigenvalue weighted by Gasteiger charge is 2.17. The number of aliphatic hydroxyl groups is 1. The molecule has 1 unspecified atom stereocenters. The quantitative estimate of drug-likeness (QED) is 0.849. The van der Waals surface area contributed by atoms with Gasteiger partial charge < -0.3 is 9.84 Å².